The molecule has 6 heteroatoms. The number of hydrogen-bond acceptors (Lipinski definition) is 3. The number of nitrogens with zero attached hydrogens (tertiary/aromatic N) is 1. The molecule has 0 radical (unpaired) electrons. The molecular weight excluding hydrogens is 260 g/mol. The van der Waals surface area contributed by atoms with Gasteiger partial charge in [-0.25, -0.2) is 0 Å². The normalized spacial score (nSPS) is 22.8. The highest BCUT2D eigenvalue weighted by molar-refractivity contribution is 5.86. The van der Waals surface area contributed by atoms with Gasteiger partial charge >= 0.3 is 5.97 Å². The zero-order chi connectivity index (χ0) is 14.6. The Balaban J connectivity index is 2.01. The van der Waals surface area contributed by atoms with Crippen LogP contribution in [0.25, 0.3) is 0 Å². The van der Waals surface area contributed by atoms with Gasteiger partial charge in [0.25, 0.3) is 0 Å². The maximum atomic E-state index is 12.4. The summed E-state index contributed by atoms with van der Waals surface area (Å²) in [6, 6.07) is 0. The summed E-state index contributed by atoms with van der Waals surface area (Å²) in [5.41, 5.74) is -0.890. The largest absolute Gasteiger partial charge is 0.481 e. The van der Waals surface area contributed by atoms with Crippen LogP contribution in [-0.4, -0.2) is 47.4 Å². The molecule has 1 aliphatic heterocycles. The predicted molar refractivity (Wildman–Crippen MR) is 72.0 cm³/mol. The Morgan fingerprint density at radius 2 is 1.90 bits per heavy atom. The number of hydrogen-bond donors (Lipinski definition) is 2. The second kappa shape index (κ2) is 6.24. The second-order valence-corrected chi connectivity index (χ2v) is 5.80. The van der Waals surface area contributed by atoms with Gasteiger partial charge in [0.15, 0.2) is 0 Å². The molecule has 0 spiro atoms. The number of aliphatic carboxylic acids is 1. The van der Waals surface area contributed by atoms with Crippen LogP contribution < -0.4 is 5.32 Å². The van der Waals surface area contributed by atoms with Gasteiger partial charge in [0.2, 0.25) is 11.8 Å². The van der Waals surface area contributed by atoms with Crippen LogP contribution in [0.3, 0.4) is 0 Å². The molecule has 6 nitrogen and oxygen atoms in total. The third-order valence-electron chi connectivity index (χ3n) is 4.42. The molecule has 2 amide bonds. The first-order chi connectivity index (χ1) is 9.53. The van der Waals surface area contributed by atoms with Gasteiger partial charge in [0.05, 0.1) is 5.41 Å². The van der Waals surface area contributed by atoms with Crippen molar-refractivity contribution in [2.75, 3.05) is 19.6 Å². The van der Waals surface area contributed by atoms with Crippen LogP contribution in [0.4, 0.5) is 0 Å². The quantitative estimate of drug-likeness (QED) is 0.800. The summed E-state index contributed by atoms with van der Waals surface area (Å²) < 4.78 is 0. The van der Waals surface area contributed by atoms with Gasteiger partial charge in [-0.2, -0.15) is 0 Å². The van der Waals surface area contributed by atoms with E-state index in [1.54, 1.807) is 4.90 Å². The zero-order valence-electron chi connectivity index (χ0n) is 11.7. The summed E-state index contributed by atoms with van der Waals surface area (Å²) in [5, 5.41) is 12.2. The van der Waals surface area contributed by atoms with Crippen LogP contribution in [0.2, 0.25) is 0 Å². The molecule has 2 aliphatic rings. The average Bonchev–Trinajstić information content (AvgIpc) is 2.64. The van der Waals surface area contributed by atoms with Crippen molar-refractivity contribution in [3.8, 4) is 0 Å². The highest BCUT2D eigenvalue weighted by Crippen LogP contribution is 2.40. The van der Waals surface area contributed by atoms with E-state index in [0.717, 1.165) is 19.3 Å². The van der Waals surface area contributed by atoms with Crippen molar-refractivity contribution in [3.05, 3.63) is 0 Å². The van der Waals surface area contributed by atoms with Crippen molar-refractivity contribution in [1.82, 2.24) is 10.2 Å². The molecule has 2 rings (SSSR count). The van der Waals surface area contributed by atoms with Crippen molar-refractivity contribution in [1.29, 1.82) is 0 Å². The van der Waals surface area contributed by atoms with Gasteiger partial charge < -0.3 is 15.3 Å². The summed E-state index contributed by atoms with van der Waals surface area (Å²) in [5.74, 6) is -1.04. The maximum absolute atomic E-state index is 12.4. The lowest BCUT2D eigenvalue weighted by Crippen LogP contribution is -2.42. The molecule has 0 aromatic heterocycles. The number of nitrogens with one attached hydrogen (secondary N) is 1. The van der Waals surface area contributed by atoms with Gasteiger partial charge in [-0.1, -0.05) is 19.3 Å². The molecule has 0 aromatic carbocycles. The van der Waals surface area contributed by atoms with E-state index in [0.29, 0.717) is 38.9 Å². The standard InChI is InChI=1S/C14H22N2O4/c17-11-4-8-16(9-7-15-11)12(18)10-14(13(19)20)5-2-1-3-6-14/h1-10H2,(H,15,17)(H,19,20). The smallest absolute Gasteiger partial charge is 0.310 e. The predicted octanol–water partition coefficient (Wildman–Crippen LogP) is 0.760. The van der Waals surface area contributed by atoms with E-state index in [1.807, 2.05) is 0 Å². The lowest BCUT2D eigenvalue weighted by molar-refractivity contribution is -0.156. The molecule has 1 saturated heterocycles. The van der Waals surface area contributed by atoms with Gasteiger partial charge in [-0.05, 0) is 12.8 Å². The zero-order valence-corrected chi connectivity index (χ0v) is 11.7. The second-order valence-electron chi connectivity index (χ2n) is 5.80. The summed E-state index contributed by atoms with van der Waals surface area (Å²) in [6.07, 6.45) is 4.32. The van der Waals surface area contributed by atoms with Crippen molar-refractivity contribution >= 4 is 17.8 Å². The van der Waals surface area contributed by atoms with Gasteiger partial charge in [-0.15, -0.1) is 0 Å². The van der Waals surface area contributed by atoms with E-state index in [2.05, 4.69) is 5.32 Å². The first kappa shape index (κ1) is 14.8. The molecule has 1 saturated carbocycles. The van der Waals surface area contributed by atoms with E-state index in [1.165, 1.54) is 0 Å². The molecule has 0 unspecified atom stereocenters. The molecule has 0 aromatic rings. The minimum absolute atomic E-state index is 0.0501. The van der Waals surface area contributed by atoms with Crippen LogP contribution in [-0.2, 0) is 14.4 Å². The van der Waals surface area contributed by atoms with E-state index in [9.17, 15) is 19.5 Å². The fraction of sp³-hybridized carbons (Fsp3) is 0.786. The van der Waals surface area contributed by atoms with Gasteiger partial charge in [0.1, 0.15) is 0 Å². The minimum Gasteiger partial charge on any atom is -0.481 e. The highest BCUT2D eigenvalue weighted by Gasteiger charge is 2.42. The van der Waals surface area contributed by atoms with Crippen LogP contribution in [0.1, 0.15) is 44.9 Å². The van der Waals surface area contributed by atoms with E-state index in [-0.39, 0.29) is 18.2 Å². The number of carboxylic acids is 1. The first-order valence-corrected chi connectivity index (χ1v) is 7.31. The maximum Gasteiger partial charge on any atom is 0.310 e. The monoisotopic (exact) mass is 282 g/mol. The topological polar surface area (TPSA) is 86.7 Å². The Bertz CT molecular complexity index is 402. The van der Waals surface area contributed by atoms with Crippen molar-refractivity contribution in [3.63, 3.8) is 0 Å². The van der Waals surface area contributed by atoms with Crippen LogP contribution in [0, 0.1) is 5.41 Å². The lowest BCUT2D eigenvalue weighted by Gasteiger charge is -2.34. The third kappa shape index (κ3) is 3.29. The van der Waals surface area contributed by atoms with E-state index < -0.39 is 11.4 Å². The minimum atomic E-state index is -0.890. The molecule has 2 fully saturated rings. The number of amides is 2. The van der Waals surface area contributed by atoms with Crippen LogP contribution in [0.15, 0.2) is 0 Å². The molecular formula is C14H22N2O4. The molecule has 1 aliphatic carbocycles. The Morgan fingerprint density at radius 3 is 2.55 bits per heavy atom. The fourth-order valence-electron chi connectivity index (χ4n) is 3.11. The molecule has 2 N–H and O–H groups in total. The number of carbonyl (C=O) groups is 3. The molecule has 20 heavy (non-hydrogen) atoms. The molecule has 1 heterocycles. The first-order valence-electron chi connectivity index (χ1n) is 7.31. The number of carbonyl (C=O) groups excluding carboxylic acids is 2. The summed E-state index contributed by atoms with van der Waals surface area (Å²) in [6.45, 7) is 1.31. The Labute approximate surface area is 118 Å². The number of rotatable bonds is 3. The van der Waals surface area contributed by atoms with E-state index in [4.69, 9.17) is 0 Å². The van der Waals surface area contributed by atoms with Crippen molar-refractivity contribution in [2.45, 2.75) is 44.9 Å². The van der Waals surface area contributed by atoms with Gasteiger partial charge in [-0.3, -0.25) is 14.4 Å². The molecule has 0 bridgehead atoms. The van der Waals surface area contributed by atoms with Crippen LogP contribution >= 0.6 is 0 Å². The summed E-state index contributed by atoms with van der Waals surface area (Å²) >= 11 is 0. The third-order valence-corrected chi connectivity index (χ3v) is 4.42. The molecule has 112 valence electrons. The van der Waals surface area contributed by atoms with Crippen LogP contribution in [0.5, 0.6) is 0 Å². The van der Waals surface area contributed by atoms with Crippen molar-refractivity contribution < 1.29 is 19.5 Å². The van der Waals surface area contributed by atoms with Crippen molar-refractivity contribution in [2.24, 2.45) is 5.41 Å². The Hall–Kier alpha value is -1.59. The SMILES string of the molecule is O=C1CCN(C(=O)CC2(C(=O)O)CCCCC2)CCN1. The number of carboxylic acid groups (broad SMARTS) is 1. The summed E-state index contributed by atoms with van der Waals surface area (Å²) in [7, 11) is 0. The Kier molecular flexibility index (Phi) is 4.62. The average molecular weight is 282 g/mol. The van der Waals surface area contributed by atoms with E-state index >= 15 is 0 Å². The van der Waals surface area contributed by atoms with Gasteiger partial charge in [0, 0.05) is 32.5 Å². The fourth-order valence-corrected chi connectivity index (χ4v) is 3.11. The molecule has 0 atom stereocenters. The lowest BCUT2D eigenvalue weighted by atomic mass is 9.71. The highest BCUT2D eigenvalue weighted by atomic mass is 16.4. The Morgan fingerprint density at radius 1 is 1.20 bits per heavy atom. The summed E-state index contributed by atoms with van der Waals surface area (Å²) in [4.78, 5) is 36.8.